The summed E-state index contributed by atoms with van der Waals surface area (Å²) in [4.78, 5) is 4.24. The molecule has 0 atom stereocenters. The Hall–Kier alpha value is -3.23. The number of sulfone groups is 1. The van der Waals surface area contributed by atoms with Gasteiger partial charge in [0, 0.05) is 11.6 Å². The highest BCUT2D eigenvalue weighted by atomic mass is 32.2. The molecule has 0 bridgehead atoms. The van der Waals surface area contributed by atoms with Crippen LogP contribution in [0.3, 0.4) is 0 Å². The number of hydrogen-bond donors (Lipinski definition) is 1. The first-order valence-corrected chi connectivity index (χ1v) is 12.4. The summed E-state index contributed by atoms with van der Waals surface area (Å²) in [5.74, 6) is 0.0435. The predicted octanol–water partition coefficient (Wildman–Crippen LogP) is 5.97. The summed E-state index contributed by atoms with van der Waals surface area (Å²) in [7, 11) is -1.65. The number of hydrogen-bond acceptors (Lipinski definition) is 4. The fourth-order valence-corrected chi connectivity index (χ4v) is 5.30. The monoisotopic (exact) mass is 484 g/mol. The van der Waals surface area contributed by atoms with Crippen LogP contribution in [0.15, 0.2) is 83.9 Å². The van der Waals surface area contributed by atoms with Gasteiger partial charge in [0.25, 0.3) is 0 Å². The molecule has 0 aliphatic heterocycles. The third-order valence-electron chi connectivity index (χ3n) is 5.62. The molecule has 1 aromatic heterocycles. The normalized spacial score (nSPS) is 12.2. The predicted molar refractivity (Wildman–Crippen MR) is 128 cm³/mol. The zero-order chi connectivity index (χ0) is 24.3. The second kappa shape index (κ2) is 9.56. The third-order valence-corrected chi connectivity index (χ3v) is 7.41. The number of para-hydroxylation sites is 1. The topological polar surface area (TPSA) is 59.1 Å². The van der Waals surface area contributed by atoms with Crippen LogP contribution in [0.1, 0.15) is 12.0 Å². The van der Waals surface area contributed by atoms with Crippen LogP contribution in [-0.4, -0.2) is 32.7 Å². The third kappa shape index (κ3) is 4.98. The number of rotatable bonds is 7. The molecule has 34 heavy (non-hydrogen) atoms. The maximum Gasteiger partial charge on any atom is 0.418 e. The molecule has 0 spiro atoms. The molecule has 0 aliphatic carbocycles. The number of fused-ring (bicyclic) bond motifs is 1. The lowest BCUT2D eigenvalue weighted by atomic mass is 9.96. The number of alkyl halides is 3. The highest BCUT2D eigenvalue weighted by Gasteiger charge is 2.33. The summed E-state index contributed by atoms with van der Waals surface area (Å²) in [6.45, 7) is 0.608. The molecule has 0 fully saturated rings. The van der Waals surface area contributed by atoms with Crippen LogP contribution in [0.4, 0.5) is 13.2 Å². The Morgan fingerprint density at radius 2 is 1.56 bits per heavy atom. The highest BCUT2D eigenvalue weighted by molar-refractivity contribution is 7.91. The molecule has 3 aromatic carbocycles. The van der Waals surface area contributed by atoms with Gasteiger partial charge < -0.3 is 5.32 Å². The van der Waals surface area contributed by atoms with Crippen LogP contribution < -0.4 is 5.32 Å². The molecule has 4 nitrogen and oxygen atoms in total. The van der Waals surface area contributed by atoms with E-state index in [-0.39, 0.29) is 16.2 Å². The molecular weight excluding hydrogens is 461 g/mol. The average Bonchev–Trinajstić information content (AvgIpc) is 2.83. The molecule has 0 saturated heterocycles. The molecule has 0 unspecified atom stereocenters. The number of halogens is 3. The summed E-state index contributed by atoms with van der Waals surface area (Å²) in [5.41, 5.74) is 1.93. The van der Waals surface area contributed by atoms with Crippen LogP contribution in [0, 0.1) is 0 Å². The molecule has 0 aliphatic rings. The van der Waals surface area contributed by atoms with Gasteiger partial charge in [-0.3, -0.25) is 4.98 Å². The smallest absolute Gasteiger partial charge is 0.320 e. The van der Waals surface area contributed by atoms with Gasteiger partial charge >= 0.3 is 6.18 Å². The molecule has 0 amide bonds. The molecule has 0 saturated carbocycles. The van der Waals surface area contributed by atoms with E-state index < -0.39 is 21.6 Å². The number of nitrogens with one attached hydrogen (secondary N) is 1. The Morgan fingerprint density at radius 1 is 0.882 bits per heavy atom. The van der Waals surface area contributed by atoms with Gasteiger partial charge in [-0.25, -0.2) is 8.42 Å². The fourth-order valence-electron chi connectivity index (χ4n) is 3.95. The van der Waals surface area contributed by atoms with Crippen LogP contribution >= 0.6 is 0 Å². The van der Waals surface area contributed by atoms with Crippen LogP contribution in [0.25, 0.3) is 33.2 Å². The minimum absolute atomic E-state index is 0.0435. The van der Waals surface area contributed by atoms with E-state index >= 15 is 0 Å². The van der Waals surface area contributed by atoms with E-state index in [2.05, 4.69) is 10.3 Å². The first-order chi connectivity index (χ1) is 16.2. The molecule has 0 radical (unpaired) electrons. The van der Waals surface area contributed by atoms with Gasteiger partial charge in [0.1, 0.15) is 0 Å². The molecule has 1 heterocycles. The summed E-state index contributed by atoms with van der Waals surface area (Å²) in [6.07, 6.45) is -2.63. The van der Waals surface area contributed by atoms with Crippen molar-refractivity contribution < 1.29 is 21.6 Å². The summed E-state index contributed by atoms with van der Waals surface area (Å²) < 4.78 is 65.9. The minimum atomic E-state index is -4.51. The van der Waals surface area contributed by atoms with Gasteiger partial charge in [-0.1, -0.05) is 42.5 Å². The van der Waals surface area contributed by atoms with E-state index in [9.17, 15) is 21.6 Å². The summed E-state index contributed by atoms with van der Waals surface area (Å²) in [6, 6.07) is 19.8. The van der Waals surface area contributed by atoms with Gasteiger partial charge in [0.2, 0.25) is 0 Å². The minimum Gasteiger partial charge on any atom is -0.320 e. The zero-order valence-corrected chi connectivity index (χ0v) is 19.2. The van der Waals surface area contributed by atoms with E-state index in [0.29, 0.717) is 35.0 Å². The molecule has 1 N–H and O–H groups in total. The summed E-state index contributed by atoms with van der Waals surface area (Å²) in [5, 5.41) is 3.34. The molecule has 4 aromatic rings. The van der Waals surface area contributed by atoms with Crippen LogP contribution in [0.2, 0.25) is 0 Å². The van der Waals surface area contributed by atoms with Gasteiger partial charge in [-0.05, 0) is 72.6 Å². The Balaban J connectivity index is 1.75. The first kappa shape index (κ1) is 23.9. The van der Waals surface area contributed by atoms with Crippen LogP contribution in [0.5, 0.6) is 0 Å². The Kier molecular flexibility index (Phi) is 6.72. The molecule has 4 rings (SSSR count). The van der Waals surface area contributed by atoms with Gasteiger partial charge in [-0.15, -0.1) is 0 Å². The van der Waals surface area contributed by atoms with Crippen molar-refractivity contribution >= 4 is 20.7 Å². The van der Waals surface area contributed by atoms with E-state index in [1.807, 2.05) is 24.3 Å². The van der Waals surface area contributed by atoms with Crippen molar-refractivity contribution in [2.75, 3.05) is 19.3 Å². The zero-order valence-electron chi connectivity index (χ0n) is 18.4. The maximum atomic E-state index is 13.5. The van der Waals surface area contributed by atoms with Crippen molar-refractivity contribution in [1.29, 1.82) is 0 Å². The molecular formula is C26H23F3N2O2S. The van der Waals surface area contributed by atoms with Crippen molar-refractivity contribution in [3.63, 3.8) is 0 Å². The quantitative estimate of drug-likeness (QED) is 0.328. The largest absolute Gasteiger partial charge is 0.418 e. The lowest BCUT2D eigenvalue weighted by molar-refractivity contribution is -0.136. The van der Waals surface area contributed by atoms with E-state index in [1.54, 1.807) is 43.4 Å². The first-order valence-electron chi connectivity index (χ1n) is 10.7. The van der Waals surface area contributed by atoms with Crippen LogP contribution in [-0.2, 0) is 16.0 Å². The van der Waals surface area contributed by atoms with E-state index in [4.69, 9.17) is 0 Å². The highest BCUT2D eigenvalue weighted by Crippen LogP contribution is 2.37. The maximum absolute atomic E-state index is 13.5. The molecule has 176 valence electrons. The Labute approximate surface area is 196 Å². The Bertz CT molecular complexity index is 1430. The Morgan fingerprint density at radius 3 is 2.29 bits per heavy atom. The second-order valence-corrected chi connectivity index (χ2v) is 10.1. The fraction of sp³-hybridized carbons (Fsp3) is 0.192. The van der Waals surface area contributed by atoms with Crippen molar-refractivity contribution in [2.45, 2.75) is 17.5 Å². The molecule has 8 heteroatoms. The van der Waals surface area contributed by atoms with Gasteiger partial charge in [0.05, 0.1) is 21.7 Å². The van der Waals surface area contributed by atoms with Gasteiger partial charge in [0.15, 0.2) is 9.84 Å². The van der Waals surface area contributed by atoms with Crippen molar-refractivity contribution in [2.24, 2.45) is 0 Å². The second-order valence-electron chi connectivity index (χ2n) is 7.94. The number of nitrogens with zero attached hydrogens (tertiary/aromatic N) is 1. The number of benzene rings is 3. The van der Waals surface area contributed by atoms with E-state index in [1.165, 1.54) is 12.3 Å². The average molecular weight is 485 g/mol. The lowest BCUT2D eigenvalue weighted by Crippen LogP contribution is -2.14. The standard InChI is InChI=1S/C26H23F3N2O2S/c1-30-13-5-15-34(32,33)21-9-3-7-19(17-21)18-6-2-8-20(16-18)22-12-14-31-25-23(22)10-4-11-24(25)26(27,28)29/h2-4,6-12,14,16-17,30H,5,13,15H2,1H3. The van der Waals surface area contributed by atoms with E-state index in [0.717, 1.165) is 11.6 Å². The lowest BCUT2D eigenvalue weighted by Gasteiger charge is -2.13. The van der Waals surface area contributed by atoms with Crippen molar-refractivity contribution in [3.05, 3.63) is 84.6 Å². The van der Waals surface area contributed by atoms with Crippen molar-refractivity contribution in [3.8, 4) is 22.3 Å². The summed E-state index contributed by atoms with van der Waals surface area (Å²) >= 11 is 0. The van der Waals surface area contributed by atoms with Gasteiger partial charge in [-0.2, -0.15) is 13.2 Å². The number of aromatic nitrogens is 1. The number of pyridine rings is 1. The van der Waals surface area contributed by atoms with Crippen molar-refractivity contribution in [1.82, 2.24) is 10.3 Å². The SMILES string of the molecule is CNCCCS(=O)(=O)c1cccc(-c2cccc(-c3ccnc4c(C(F)(F)F)cccc34)c2)c1.